The Bertz CT molecular complexity index is 1270. The maximum atomic E-state index is 14.3. The number of aromatic nitrogens is 2. The summed E-state index contributed by atoms with van der Waals surface area (Å²) >= 11 is 6.02. The van der Waals surface area contributed by atoms with Gasteiger partial charge in [-0.25, -0.2) is 9.37 Å². The first-order chi connectivity index (χ1) is 15.9. The molecule has 2 atom stereocenters. The van der Waals surface area contributed by atoms with E-state index >= 15 is 0 Å². The van der Waals surface area contributed by atoms with Crippen molar-refractivity contribution in [3.05, 3.63) is 70.9 Å². The van der Waals surface area contributed by atoms with E-state index in [-0.39, 0.29) is 11.3 Å². The Morgan fingerprint density at radius 3 is 2.76 bits per heavy atom. The van der Waals surface area contributed by atoms with Crippen molar-refractivity contribution in [3.63, 3.8) is 0 Å². The third kappa shape index (κ3) is 3.85. The highest BCUT2D eigenvalue weighted by Gasteiger charge is 2.46. The monoisotopic (exact) mass is 464 g/mol. The lowest BCUT2D eigenvalue weighted by molar-refractivity contribution is 0.0218. The number of hydrogen-bond donors (Lipinski definition) is 2. The first-order valence-electron chi connectivity index (χ1n) is 11.1. The van der Waals surface area contributed by atoms with Gasteiger partial charge in [-0.2, -0.15) is 0 Å². The van der Waals surface area contributed by atoms with Crippen LogP contribution in [0.1, 0.15) is 25.1 Å². The number of anilines is 1. The standard InChI is InChI=1S/C25H26ClFN6/c1-14(2)33-12-15-11-32(13-24(15)33)17-8-23-22(30-10-17)6-5-21(31-23)19(9-28)25(29)18-7-16(26)3-4-20(18)27/h3-10,14-15,24,29H,11-13,28H2,1-2H3/b19-9-,29-25?. The van der Waals surface area contributed by atoms with Crippen LogP contribution in [0, 0.1) is 17.1 Å². The summed E-state index contributed by atoms with van der Waals surface area (Å²) in [5, 5.41) is 8.89. The van der Waals surface area contributed by atoms with E-state index in [1.54, 1.807) is 6.07 Å². The molecular formula is C25H26ClFN6. The molecule has 6 nitrogen and oxygen atoms in total. The lowest BCUT2D eigenvalue weighted by Gasteiger charge is -2.46. The zero-order valence-corrected chi connectivity index (χ0v) is 19.4. The molecule has 0 aliphatic carbocycles. The number of nitrogens with one attached hydrogen (secondary N) is 1. The molecule has 3 N–H and O–H groups in total. The van der Waals surface area contributed by atoms with Gasteiger partial charge in [0.15, 0.2) is 0 Å². The number of pyridine rings is 2. The number of nitrogens with zero attached hydrogens (tertiary/aromatic N) is 4. The van der Waals surface area contributed by atoms with Gasteiger partial charge in [0.2, 0.25) is 0 Å². The molecule has 4 heterocycles. The molecule has 0 saturated carbocycles. The normalized spacial score (nSPS) is 20.9. The van der Waals surface area contributed by atoms with E-state index in [1.807, 2.05) is 18.3 Å². The average molecular weight is 465 g/mol. The Morgan fingerprint density at radius 1 is 1.18 bits per heavy atom. The van der Waals surface area contributed by atoms with Crippen LogP contribution in [0.5, 0.6) is 0 Å². The van der Waals surface area contributed by atoms with E-state index in [9.17, 15) is 4.39 Å². The van der Waals surface area contributed by atoms with Crippen LogP contribution in [0.15, 0.2) is 48.8 Å². The summed E-state index contributed by atoms with van der Waals surface area (Å²) in [7, 11) is 0. The third-order valence-electron chi connectivity index (χ3n) is 6.74. The molecule has 2 fully saturated rings. The Morgan fingerprint density at radius 2 is 2.00 bits per heavy atom. The second-order valence-corrected chi connectivity index (χ2v) is 9.47. The zero-order valence-electron chi connectivity index (χ0n) is 18.6. The molecule has 170 valence electrons. The fourth-order valence-corrected chi connectivity index (χ4v) is 5.10. The second kappa shape index (κ2) is 8.39. The topological polar surface area (TPSA) is 82.1 Å². The molecular weight excluding hydrogens is 439 g/mol. The first kappa shape index (κ1) is 21.8. The van der Waals surface area contributed by atoms with E-state index in [1.165, 1.54) is 24.4 Å². The molecule has 0 radical (unpaired) electrons. The molecule has 2 unspecified atom stereocenters. The highest BCUT2D eigenvalue weighted by atomic mass is 35.5. The number of rotatable bonds is 5. The van der Waals surface area contributed by atoms with Crippen LogP contribution in [0.2, 0.25) is 5.02 Å². The van der Waals surface area contributed by atoms with Gasteiger partial charge in [-0.1, -0.05) is 11.6 Å². The van der Waals surface area contributed by atoms with Gasteiger partial charge < -0.3 is 10.6 Å². The van der Waals surface area contributed by atoms with Crippen LogP contribution in [-0.4, -0.2) is 52.3 Å². The molecule has 2 aliphatic rings. The third-order valence-corrected chi connectivity index (χ3v) is 6.97. The summed E-state index contributed by atoms with van der Waals surface area (Å²) < 4.78 is 14.3. The number of likely N-dealkylation sites (tertiary alicyclic amines) is 1. The summed E-state index contributed by atoms with van der Waals surface area (Å²) in [6, 6.07) is 10.9. The van der Waals surface area contributed by atoms with E-state index < -0.39 is 5.82 Å². The van der Waals surface area contributed by atoms with E-state index in [4.69, 9.17) is 27.7 Å². The van der Waals surface area contributed by atoms with Crippen LogP contribution < -0.4 is 10.6 Å². The Labute approximate surface area is 197 Å². The number of halogens is 2. The highest BCUT2D eigenvalue weighted by Crippen LogP contribution is 2.36. The van der Waals surface area contributed by atoms with Crippen LogP contribution in [0.3, 0.4) is 0 Å². The summed E-state index contributed by atoms with van der Waals surface area (Å²) in [6.07, 6.45) is 3.18. The fourth-order valence-electron chi connectivity index (χ4n) is 4.93. The number of allylic oxidation sites excluding steroid dienone is 1. The van der Waals surface area contributed by atoms with Gasteiger partial charge in [0, 0.05) is 60.0 Å². The number of benzene rings is 1. The minimum Gasteiger partial charge on any atom is -0.404 e. The second-order valence-electron chi connectivity index (χ2n) is 9.03. The number of nitrogens with two attached hydrogens (primary N) is 1. The summed E-state index contributed by atoms with van der Waals surface area (Å²) in [4.78, 5) is 14.3. The lowest BCUT2D eigenvalue weighted by atomic mass is 9.90. The van der Waals surface area contributed by atoms with Gasteiger partial charge in [-0.3, -0.25) is 15.3 Å². The van der Waals surface area contributed by atoms with Gasteiger partial charge >= 0.3 is 0 Å². The molecule has 3 aromatic rings. The maximum Gasteiger partial charge on any atom is 0.132 e. The molecule has 2 aliphatic heterocycles. The Hall–Kier alpha value is -3.03. The Kier molecular flexibility index (Phi) is 5.54. The lowest BCUT2D eigenvalue weighted by Crippen LogP contribution is -2.58. The summed E-state index contributed by atoms with van der Waals surface area (Å²) in [5.41, 5.74) is 9.18. The molecule has 33 heavy (non-hydrogen) atoms. The van der Waals surface area contributed by atoms with Gasteiger partial charge in [-0.05, 0) is 50.2 Å². The SMILES string of the molecule is CC(C)N1CC2CN(c3cnc4ccc(/C(=C/N)C(=N)c5cc(Cl)ccc5F)nc4c3)CC21. The van der Waals surface area contributed by atoms with E-state index in [0.717, 1.165) is 30.8 Å². The molecule has 8 heteroatoms. The van der Waals surface area contributed by atoms with Gasteiger partial charge in [0.05, 0.1) is 34.3 Å². The van der Waals surface area contributed by atoms with Gasteiger partial charge in [0.1, 0.15) is 5.82 Å². The van der Waals surface area contributed by atoms with Crippen molar-refractivity contribution in [2.24, 2.45) is 11.7 Å². The van der Waals surface area contributed by atoms with Crippen molar-refractivity contribution in [3.8, 4) is 0 Å². The van der Waals surface area contributed by atoms with Crippen molar-refractivity contribution in [1.29, 1.82) is 5.41 Å². The maximum absolute atomic E-state index is 14.3. The summed E-state index contributed by atoms with van der Waals surface area (Å²) in [6.45, 7) is 7.65. The van der Waals surface area contributed by atoms with Gasteiger partial charge in [-0.15, -0.1) is 0 Å². The minimum atomic E-state index is -0.535. The minimum absolute atomic E-state index is 0.0710. The van der Waals surface area contributed by atoms with Crippen LogP contribution in [-0.2, 0) is 0 Å². The fraction of sp³-hybridized carbons (Fsp3) is 0.320. The first-order valence-corrected chi connectivity index (χ1v) is 11.5. The molecule has 1 aromatic carbocycles. The number of hydrogen-bond acceptors (Lipinski definition) is 6. The van der Waals surface area contributed by atoms with E-state index in [0.29, 0.717) is 39.8 Å². The molecule has 2 aromatic heterocycles. The van der Waals surface area contributed by atoms with Gasteiger partial charge in [0.25, 0.3) is 0 Å². The molecule has 0 bridgehead atoms. The quantitative estimate of drug-likeness (QED) is 0.549. The van der Waals surface area contributed by atoms with Crippen molar-refractivity contribution in [2.45, 2.75) is 25.9 Å². The molecule has 0 amide bonds. The van der Waals surface area contributed by atoms with Crippen molar-refractivity contribution < 1.29 is 4.39 Å². The van der Waals surface area contributed by atoms with E-state index in [2.05, 4.69) is 28.6 Å². The largest absolute Gasteiger partial charge is 0.404 e. The van der Waals surface area contributed by atoms with Crippen molar-refractivity contribution in [1.82, 2.24) is 14.9 Å². The van der Waals surface area contributed by atoms with Crippen molar-refractivity contribution >= 4 is 39.6 Å². The number of fused-ring (bicyclic) bond motifs is 2. The smallest absolute Gasteiger partial charge is 0.132 e. The average Bonchev–Trinajstić information content (AvgIpc) is 3.11. The molecule has 0 spiro atoms. The molecule has 2 saturated heterocycles. The molecule has 5 rings (SSSR count). The zero-order chi connectivity index (χ0) is 23.3. The predicted molar refractivity (Wildman–Crippen MR) is 131 cm³/mol. The summed E-state index contributed by atoms with van der Waals surface area (Å²) in [5.74, 6) is 0.162. The Balaban J connectivity index is 1.44. The van der Waals surface area contributed by atoms with Crippen LogP contribution >= 0.6 is 11.6 Å². The van der Waals surface area contributed by atoms with Crippen LogP contribution in [0.25, 0.3) is 16.6 Å². The van der Waals surface area contributed by atoms with Crippen LogP contribution in [0.4, 0.5) is 10.1 Å². The predicted octanol–water partition coefficient (Wildman–Crippen LogP) is 4.32. The van der Waals surface area contributed by atoms with Crippen molar-refractivity contribution in [2.75, 3.05) is 24.5 Å². The highest BCUT2D eigenvalue weighted by molar-refractivity contribution is 6.33.